The molecule has 0 bridgehead atoms. The lowest BCUT2D eigenvalue weighted by molar-refractivity contribution is 0.627. The van der Waals surface area contributed by atoms with Gasteiger partial charge in [-0.2, -0.15) is 0 Å². The molecule has 2 rings (SSSR count). The Morgan fingerprint density at radius 2 is 2.00 bits per heavy atom. The van der Waals surface area contributed by atoms with Crippen LogP contribution in [0.3, 0.4) is 0 Å². The van der Waals surface area contributed by atoms with Crippen molar-refractivity contribution in [2.24, 2.45) is 0 Å². The Hall–Kier alpha value is -1.49. The molecule has 88 valence electrons. The first-order valence-corrected chi connectivity index (χ1v) is 5.88. The summed E-state index contributed by atoms with van der Waals surface area (Å²) in [5.74, 6) is 1.02. The number of aryl methyl sites for hydroxylation is 1. The Morgan fingerprint density at radius 1 is 1.24 bits per heavy atom. The molecule has 0 aliphatic carbocycles. The predicted octanol–water partition coefficient (Wildman–Crippen LogP) is 3.40. The molecule has 0 aliphatic rings. The Bertz CT molecular complexity index is 557. The standard InChI is InChI=1S/C12H11BrFN3/c1-7-5-11(15-2)17-12(16-7)9-4-3-8(14)6-10(9)13/h3-6H,1-2H3,(H,15,16,17). The number of halogens is 2. The van der Waals surface area contributed by atoms with Crippen molar-refractivity contribution in [3.8, 4) is 11.4 Å². The second-order valence-corrected chi connectivity index (χ2v) is 4.45. The summed E-state index contributed by atoms with van der Waals surface area (Å²) in [5.41, 5.74) is 1.63. The molecule has 0 radical (unpaired) electrons. The normalized spacial score (nSPS) is 10.4. The van der Waals surface area contributed by atoms with Gasteiger partial charge < -0.3 is 5.32 Å². The van der Waals surface area contributed by atoms with E-state index in [1.165, 1.54) is 12.1 Å². The maximum atomic E-state index is 13.0. The van der Waals surface area contributed by atoms with E-state index in [0.29, 0.717) is 10.3 Å². The Kier molecular flexibility index (Phi) is 3.38. The van der Waals surface area contributed by atoms with Crippen LogP contribution in [0.25, 0.3) is 11.4 Å². The minimum atomic E-state index is -0.290. The number of anilines is 1. The molecule has 0 aliphatic heterocycles. The summed E-state index contributed by atoms with van der Waals surface area (Å²) in [4.78, 5) is 8.68. The summed E-state index contributed by atoms with van der Waals surface area (Å²) >= 11 is 3.31. The zero-order valence-electron chi connectivity index (χ0n) is 9.46. The van der Waals surface area contributed by atoms with Gasteiger partial charge in [0.25, 0.3) is 0 Å². The molecular formula is C12H11BrFN3. The summed E-state index contributed by atoms with van der Waals surface area (Å²) in [7, 11) is 1.80. The van der Waals surface area contributed by atoms with Gasteiger partial charge in [0.05, 0.1) is 0 Å². The van der Waals surface area contributed by atoms with Crippen LogP contribution in [0.15, 0.2) is 28.7 Å². The van der Waals surface area contributed by atoms with E-state index in [1.807, 2.05) is 13.0 Å². The molecule has 17 heavy (non-hydrogen) atoms. The quantitative estimate of drug-likeness (QED) is 0.923. The highest BCUT2D eigenvalue weighted by Crippen LogP contribution is 2.27. The fourth-order valence-corrected chi connectivity index (χ4v) is 2.02. The molecule has 3 nitrogen and oxygen atoms in total. The van der Waals surface area contributed by atoms with Crippen molar-refractivity contribution in [1.29, 1.82) is 0 Å². The molecular weight excluding hydrogens is 285 g/mol. The van der Waals surface area contributed by atoms with E-state index >= 15 is 0 Å². The molecule has 0 spiro atoms. The maximum Gasteiger partial charge on any atom is 0.162 e. The molecule has 1 heterocycles. The van der Waals surface area contributed by atoms with Crippen molar-refractivity contribution < 1.29 is 4.39 Å². The molecule has 2 aromatic rings. The first kappa shape index (κ1) is 12.0. The van der Waals surface area contributed by atoms with Crippen molar-refractivity contribution >= 4 is 21.7 Å². The van der Waals surface area contributed by atoms with Gasteiger partial charge in [-0.3, -0.25) is 0 Å². The van der Waals surface area contributed by atoms with Crippen molar-refractivity contribution in [2.75, 3.05) is 12.4 Å². The largest absolute Gasteiger partial charge is 0.373 e. The minimum Gasteiger partial charge on any atom is -0.373 e. The topological polar surface area (TPSA) is 37.8 Å². The number of nitrogens with zero attached hydrogens (tertiary/aromatic N) is 2. The Balaban J connectivity index is 2.55. The maximum absolute atomic E-state index is 13.0. The monoisotopic (exact) mass is 295 g/mol. The number of benzene rings is 1. The van der Waals surface area contributed by atoms with Crippen molar-refractivity contribution in [2.45, 2.75) is 6.92 Å². The summed E-state index contributed by atoms with van der Waals surface area (Å²) in [6.07, 6.45) is 0. The molecule has 0 saturated heterocycles. The van der Waals surface area contributed by atoms with Gasteiger partial charge in [0.2, 0.25) is 0 Å². The minimum absolute atomic E-state index is 0.290. The van der Waals surface area contributed by atoms with E-state index in [1.54, 1.807) is 13.1 Å². The van der Waals surface area contributed by atoms with Crippen molar-refractivity contribution in [1.82, 2.24) is 9.97 Å². The number of nitrogens with one attached hydrogen (secondary N) is 1. The van der Waals surface area contributed by atoms with Crippen molar-refractivity contribution in [3.05, 3.63) is 40.2 Å². The van der Waals surface area contributed by atoms with E-state index in [2.05, 4.69) is 31.2 Å². The fraction of sp³-hybridized carbons (Fsp3) is 0.167. The average molecular weight is 296 g/mol. The van der Waals surface area contributed by atoms with E-state index in [-0.39, 0.29) is 5.82 Å². The summed E-state index contributed by atoms with van der Waals surface area (Å²) in [6, 6.07) is 6.31. The third-order valence-electron chi connectivity index (χ3n) is 2.28. The Labute approximate surface area is 107 Å². The van der Waals surface area contributed by atoms with Gasteiger partial charge >= 0.3 is 0 Å². The zero-order valence-corrected chi connectivity index (χ0v) is 11.0. The number of hydrogen-bond donors (Lipinski definition) is 1. The summed E-state index contributed by atoms with van der Waals surface area (Å²) in [6.45, 7) is 1.89. The molecule has 0 atom stereocenters. The lowest BCUT2D eigenvalue weighted by Crippen LogP contribution is -1.99. The van der Waals surface area contributed by atoms with Crippen LogP contribution in [0.5, 0.6) is 0 Å². The fourth-order valence-electron chi connectivity index (χ4n) is 1.49. The number of rotatable bonds is 2. The highest BCUT2D eigenvalue weighted by atomic mass is 79.9. The van der Waals surface area contributed by atoms with E-state index in [9.17, 15) is 4.39 Å². The lowest BCUT2D eigenvalue weighted by Gasteiger charge is -2.07. The van der Waals surface area contributed by atoms with Gasteiger partial charge in [-0.25, -0.2) is 14.4 Å². The summed E-state index contributed by atoms with van der Waals surface area (Å²) < 4.78 is 13.6. The van der Waals surface area contributed by atoms with Crippen molar-refractivity contribution in [3.63, 3.8) is 0 Å². The predicted molar refractivity (Wildman–Crippen MR) is 69.4 cm³/mol. The Morgan fingerprint density at radius 3 is 2.65 bits per heavy atom. The smallest absolute Gasteiger partial charge is 0.162 e. The van der Waals surface area contributed by atoms with Crippen LogP contribution >= 0.6 is 15.9 Å². The zero-order chi connectivity index (χ0) is 12.4. The molecule has 0 saturated carbocycles. The molecule has 0 fully saturated rings. The van der Waals surface area contributed by atoms with E-state index in [4.69, 9.17) is 0 Å². The van der Waals surface area contributed by atoms with Gasteiger partial charge in [-0.15, -0.1) is 0 Å². The first-order valence-electron chi connectivity index (χ1n) is 5.09. The number of hydrogen-bond acceptors (Lipinski definition) is 3. The summed E-state index contributed by atoms with van der Waals surface area (Å²) in [5, 5.41) is 2.97. The van der Waals surface area contributed by atoms with E-state index in [0.717, 1.165) is 17.1 Å². The van der Waals surface area contributed by atoms with Crippen LogP contribution in [0.4, 0.5) is 10.2 Å². The third-order valence-corrected chi connectivity index (χ3v) is 2.94. The average Bonchev–Trinajstić information content (AvgIpc) is 2.28. The highest BCUT2D eigenvalue weighted by molar-refractivity contribution is 9.10. The molecule has 0 unspecified atom stereocenters. The van der Waals surface area contributed by atoms with Gasteiger partial charge in [-0.05, 0) is 41.1 Å². The molecule has 0 amide bonds. The lowest BCUT2D eigenvalue weighted by atomic mass is 10.2. The van der Waals surface area contributed by atoms with E-state index < -0.39 is 0 Å². The SMILES string of the molecule is CNc1cc(C)nc(-c2ccc(F)cc2Br)n1. The van der Waals surface area contributed by atoms with Crippen LogP contribution in [0.2, 0.25) is 0 Å². The van der Waals surface area contributed by atoms with Crippen LogP contribution in [0.1, 0.15) is 5.69 Å². The van der Waals surface area contributed by atoms with Crippen LogP contribution in [-0.4, -0.2) is 17.0 Å². The highest BCUT2D eigenvalue weighted by Gasteiger charge is 2.08. The molecule has 1 aromatic carbocycles. The van der Waals surface area contributed by atoms with Gasteiger partial charge in [0.15, 0.2) is 5.82 Å². The molecule has 1 aromatic heterocycles. The second kappa shape index (κ2) is 4.79. The van der Waals surface area contributed by atoms with Gasteiger partial charge in [-0.1, -0.05) is 0 Å². The van der Waals surface area contributed by atoms with Crippen LogP contribution < -0.4 is 5.32 Å². The molecule has 1 N–H and O–H groups in total. The molecule has 5 heteroatoms. The van der Waals surface area contributed by atoms with Gasteiger partial charge in [0.1, 0.15) is 11.6 Å². The second-order valence-electron chi connectivity index (χ2n) is 3.59. The van der Waals surface area contributed by atoms with Gasteiger partial charge in [0, 0.05) is 28.8 Å². The van der Waals surface area contributed by atoms with Crippen LogP contribution in [0, 0.1) is 12.7 Å². The van der Waals surface area contributed by atoms with Crippen LogP contribution in [-0.2, 0) is 0 Å². The third kappa shape index (κ3) is 2.61. The number of aromatic nitrogens is 2. The first-order chi connectivity index (χ1) is 8.10.